The van der Waals surface area contributed by atoms with E-state index in [1.54, 1.807) is 7.11 Å². The van der Waals surface area contributed by atoms with Crippen LogP contribution in [-0.2, 0) is 0 Å². The molecule has 2 nitrogen and oxygen atoms in total. The van der Waals surface area contributed by atoms with Gasteiger partial charge in [0.05, 0.1) is 18.3 Å². The van der Waals surface area contributed by atoms with Gasteiger partial charge in [0.2, 0.25) is 0 Å². The highest BCUT2D eigenvalue weighted by Crippen LogP contribution is 2.32. The molecule has 0 aliphatic heterocycles. The van der Waals surface area contributed by atoms with Gasteiger partial charge in [-0.15, -0.1) is 0 Å². The number of pyridine rings is 1. The Bertz CT molecular complexity index is 1400. The van der Waals surface area contributed by atoms with Gasteiger partial charge in [0.25, 0.3) is 0 Å². The number of halogens is 1. The van der Waals surface area contributed by atoms with Crippen molar-refractivity contribution in [1.82, 2.24) is 4.98 Å². The molecule has 0 radical (unpaired) electrons. The van der Waals surface area contributed by atoms with Crippen LogP contribution in [0.25, 0.3) is 45.1 Å². The molecule has 0 saturated carbocycles. The van der Waals surface area contributed by atoms with Crippen LogP contribution in [0.3, 0.4) is 0 Å². The maximum atomic E-state index is 5.28. The summed E-state index contributed by atoms with van der Waals surface area (Å²) in [5.74, 6) is 0.857. The van der Waals surface area contributed by atoms with Crippen molar-refractivity contribution in [2.45, 2.75) is 0 Å². The fourth-order valence-corrected chi connectivity index (χ4v) is 4.10. The lowest BCUT2D eigenvalue weighted by molar-refractivity contribution is 0.415. The topological polar surface area (TPSA) is 22.1 Å². The summed E-state index contributed by atoms with van der Waals surface area (Å²) in [6, 6.07) is 31.3. The summed E-state index contributed by atoms with van der Waals surface area (Å²) in [6.45, 7) is 0. The van der Waals surface area contributed by atoms with Gasteiger partial charge in [-0.3, -0.25) is 0 Å². The van der Waals surface area contributed by atoms with Gasteiger partial charge >= 0.3 is 0 Å². The van der Waals surface area contributed by atoms with E-state index in [-0.39, 0.29) is 0 Å². The van der Waals surface area contributed by atoms with Gasteiger partial charge in [-0.05, 0) is 58.3 Å². The van der Waals surface area contributed by atoms with Crippen LogP contribution in [0.5, 0.6) is 5.75 Å². The van der Waals surface area contributed by atoms with Gasteiger partial charge in [-0.25, -0.2) is 4.98 Å². The fraction of sp³-hybridized carbons (Fsp3) is 0.0357. The first kappa shape index (κ1) is 19.5. The molecule has 0 bridgehead atoms. The van der Waals surface area contributed by atoms with Crippen molar-refractivity contribution in [3.63, 3.8) is 0 Å². The van der Waals surface area contributed by atoms with Crippen molar-refractivity contribution in [3.05, 3.63) is 107 Å². The van der Waals surface area contributed by atoms with E-state index in [2.05, 4.69) is 107 Å². The number of methoxy groups -OCH3 is 1. The van der Waals surface area contributed by atoms with Gasteiger partial charge in [0, 0.05) is 15.4 Å². The normalized spacial score (nSPS) is 11.4. The molecule has 0 aliphatic rings. The van der Waals surface area contributed by atoms with Gasteiger partial charge < -0.3 is 4.74 Å². The van der Waals surface area contributed by atoms with Crippen LogP contribution in [0.15, 0.2) is 95.5 Å². The van der Waals surface area contributed by atoms with Gasteiger partial charge in [0.1, 0.15) is 5.75 Å². The summed E-state index contributed by atoms with van der Waals surface area (Å²) < 4.78 is 6.33. The van der Waals surface area contributed by atoms with Crippen LogP contribution in [-0.4, -0.2) is 12.1 Å². The number of hydrogen-bond donors (Lipinski definition) is 0. The van der Waals surface area contributed by atoms with Crippen LogP contribution in [0.1, 0.15) is 11.1 Å². The molecule has 0 aliphatic carbocycles. The Kier molecular flexibility index (Phi) is 5.27. The molecule has 0 saturated heterocycles. The van der Waals surface area contributed by atoms with E-state index in [9.17, 15) is 0 Å². The Morgan fingerprint density at radius 3 is 2.35 bits per heavy atom. The van der Waals surface area contributed by atoms with Crippen molar-refractivity contribution in [3.8, 4) is 17.0 Å². The zero-order valence-electron chi connectivity index (χ0n) is 17.0. The number of hydrogen-bond acceptors (Lipinski definition) is 2. The standard InChI is InChI=1S/C28H20BrNO/c1-31-24-15-7-19(8-16-24)6-9-22-18-27(21-10-13-23(29)14-11-21)30-26-17-12-20-4-2-3-5-25(20)28(22)26/h2-18H,1H3/b9-6+. The molecule has 3 heteroatoms. The summed E-state index contributed by atoms with van der Waals surface area (Å²) in [7, 11) is 1.68. The molecule has 150 valence electrons. The van der Waals surface area contributed by atoms with Crippen molar-refractivity contribution in [2.24, 2.45) is 0 Å². The monoisotopic (exact) mass is 465 g/mol. The number of benzene rings is 4. The quantitative estimate of drug-likeness (QED) is 0.251. The first-order chi connectivity index (χ1) is 15.2. The number of nitrogens with zero attached hydrogens (tertiary/aromatic N) is 1. The van der Waals surface area contributed by atoms with E-state index >= 15 is 0 Å². The number of ether oxygens (including phenoxy) is 1. The number of rotatable bonds is 4. The van der Waals surface area contributed by atoms with Gasteiger partial charge in [-0.2, -0.15) is 0 Å². The first-order valence-corrected chi connectivity index (χ1v) is 10.9. The lowest BCUT2D eigenvalue weighted by Crippen LogP contribution is -1.90. The van der Waals surface area contributed by atoms with Crippen LogP contribution < -0.4 is 4.74 Å². The molecule has 0 spiro atoms. The smallest absolute Gasteiger partial charge is 0.118 e. The minimum Gasteiger partial charge on any atom is -0.497 e. The average molecular weight is 466 g/mol. The van der Waals surface area contributed by atoms with Crippen molar-refractivity contribution in [2.75, 3.05) is 7.11 Å². The van der Waals surface area contributed by atoms with Crippen LogP contribution >= 0.6 is 15.9 Å². The molecule has 5 rings (SSSR count). The lowest BCUT2D eigenvalue weighted by Gasteiger charge is -2.11. The SMILES string of the molecule is COc1ccc(/C=C/c2cc(-c3ccc(Br)cc3)nc3ccc4ccccc4c23)cc1. The average Bonchev–Trinajstić information content (AvgIpc) is 2.83. The fourth-order valence-electron chi connectivity index (χ4n) is 3.84. The molecule has 1 heterocycles. The van der Waals surface area contributed by atoms with E-state index in [0.29, 0.717) is 0 Å². The summed E-state index contributed by atoms with van der Waals surface area (Å²) >= 11 is 3.52. The predicted octanol–water partition coefficient (Wildman–Crippen LogP) is 8.00. The highest BCUT2D eigenvalue weighted by atomic mass is 79.9. The summed E-state index contributed by atoms with van der Waals surface area (Å²) in [5.41, 5.74) is 5.32. The largest absolute Gasteiger partial charge is 0.497 e. The van der Waals surface area contributed by atoms with Crippen LogP contribution in [0, 0.1) is 0 Å². The Morgan fingerprint density at radius 2 is 1.58 bits per heavy atom. The van der Waals surface area contributed by atoms with E-state index in [1.807, 2.05) is 12.1 Å². The van der Waals surface area contributed by atoms with E-state index < -0.39 is 0 Å². The van der Waals surface area contributed by atoms with E-state index in [0.717, 1.165) is 38.1 Å². The molecule has 5 aromatic rings. The summed E-state index contributed by atoms with van der Waals surface area (Å²) in [4.78, 5) is 5.00. The highest BCUT2D eigenvalue weighted by Gasteiger charge is 2.09. The predicted molar refractivity (Wildman–Crippen MR) is 134 cm³/mol. The molecule has 0 amide bonds. The third-order valence-electron chi connectivity index (χ3n) is 5.44. The summed E-state index contributed by atoms with van der Waals surface area (Å²) in [5, 5.41) is 3.60. The highest BCUT2D eigenvalue weighted by molar-refractivity contribution is 9.10. The number of fused-ring (bicyclic) bond motifs is 3. The molecule has 0 unspecified atom stereocenters. The zero-order valence-corrected chi connectivity index (χ0v) is 18.6. The molecule has 0 N–H and O–H groups in total. The minimum absolute atomic E-state index is 0.857. The second-order valence-electron chi connectivity index (χ2n) is 7.39. The Labute approximate surface area is 190 Å². The van der Waals surface area contributed by atoms with Crippen LogP contribution in [0.4, 0.5) is 0 Å². The van der Waals surface area contributed by atoms with Gasteiger partial charge in [0.15, 0.2) is 0 Å². The summed E-state index contributed by atoms with van der Waals surface area (Å²) in [6.07, 6.45) is 4.32. The Morgan fingerprint density at radius 1 is 0.806 bits per heavy atom. The van der Waals surface area contributed by atoms with E-state index in [4.69, 9.17) is 9.72 Å². The van der Waals surface area contributed by atoms with Crippen molar-refractivity contribution >= 4 is 49.8 Å². The third-order valence-corrected chi connectivity index (χ3v) is 5.97. The maximum Gasteiger partial charge on any atom is 0.118 e. The molecular weight excluding hydrogens is 446 g/mol. The molecule has 31 heavy (non-hydrogen) atoms. The minimum atomic E-state index is 0.857. The number of aromatic nitrogens is 1. The molecule has 1 aromatic heterocycles. The zero-order chi connectivity index (χ0) is 21.2. The Balaban J connectivity index is 1.71. The second kappa shape index (κ2) is 8.37. The third kappa shape index (κ3) is 3.97. The van der Waals surface area contributed by atoms with E-state index in [1.165, 1.54) is 16.2 Å². The molecule has 4 aromatic carbocycles. The maximum absolute atomic E-state index is 5.28. The molecular formula is C28H20BrNO. The lowest BCUT2D eigenvalue weighted by atomic mass is 9.98. The Hall–Kier alpha value is -3.43. The van der Waals surface area contributed by atoms with Gasteiger partial charge in [-0.1, -0.05) is 82.7 Å². The van der Waals surface area contributed by atoms with Crippen molar-refractivity contribution in [1.29, 1.82) is 0 Å². The second-order valence-corrected chi connectivity index (χ2v) is 8.31. The molecule has 0 fully saturated rings. The van der Waals surface area contributed by atoms with Crippen molar-refractivity contribution < 1.29 is 4.74 Å². The van der Waals surface area contributed by atoms with Crippen LogP contribution in [0.2, 0.25) is 0 Å². The first-order valence-electron chi connectivity index (χ1n) is 10.1. The molecule has 0 atom stereocenters.